The van der Waals surface area contributed by atoms with Gasteiger partial charge in [0.25, 0.3) is 0 Å². The van der Waals surface area contributed by atoms with Gasteiger partial charge < -0.3 is 19.9 Å². The van der Waals surface area contributed by atoms with Crippen molar-refractivity contribution in [3.05, 3.63) is 35.4 Å². The summed E-state index contributed by atoms with van der Waals surface area (Å²) in [5.41, 5.74) is 1.11. The normalized spacial score (nSPS) is 28.9. The standard InChI is InChI=1S/C38H55NO5/c1-2-3-4-5-6-7-8-9-10-14-30(40)15-11-13-28(24-27-17-18-27)25-34(41)43-31-20-19-29-26-32-38(42)21-12-16-33-37(38,22-23-39-32)35(29)36(31)44-33/h9-10,19-20,27-28,32-33,39,42H,2-8,11-18,21-26H2,1H3/b10-9+/t28?,32?,33-,37-,38-/m1/s1. The third-order valence-corrected chi connectivity index (χ3v) is 11.5. The number of aliphatic hydroxyl groups is 1. The summed E-state index contributed by atoms with van der Waals surface area (Å²) < 4.78 is 12.7. The summed E-state index contributed by atoms with van der Waals surface area (Å²) in [5.74, 6) is 2.27. The van der Waals surface area contributed by atoms with Crippen molar-refractivity contribution in [3.63, 3.8) is 0 Å². The minimum atomic E-state index is -0.814. The summed E-state index contributed by atoms with van der Waals surface area (Å²) in [6.07, 6.45) is 24.1. The molecule has 5 aliphatic rings. The van der Waals surface area contributed by atoms with E-state index < -0.39 is 11.0 Å². The van der Waals surface area contributed by atoms with E-state index in [4.69, 9.17) is 9.47 Å². The number of unbranched alkanes of at least 4 members (excludes halogenated alkanes) is 6. The molecule has 44 heavy (non-hydrogen) atoms. The quantitative estimate of drug-likeness (QED) is 0.0773. The minimum absolute atomic E-state index is 0.0469. The average Bonchev–Trinajstić information content (AvgIpc) is 3.74. The van der Waals surface area contributed by atoms with Gasteiger partial charge in [-0.2, -0.15) is 0 Å². The second-order valence-corrected chi connectivity index (χ2v) is 14.7. The highest BCUT2D eigenvalue weighted by atomic mass is 16.6. The number of allylic oxidation sites excluding steroid dienone is 2. The summed E-state index contributed by atoms with van der Waals surface area (Å²) in [5, 5.41) is 15.6. The van der Waals surface area contributed by atoms with Crippen LogP contribution >= 0.6 is 0 Å². The molecule has 3 fully saturated rings. The van der Waals surface area contributed by atoms with Crippen molar-refractivity contribution in [2.24, 2.45) is 11.8 Å². The Morgan fingerprint density at radius 3 is 2.77 bits per heavy atom. The van der Waals surface area contributed by atoms with Crippen LogP contribution in [0.2, 0.25) is 0 Å². The van der Waals surface area contributed by atoms with E-state index in [-0.39, 0.29) is 24.0 Å². The van der Waals surface area contributed by atoms with E-state index in [0.717, 1.165) is 69.9 Å². The largest absolute Gasteiger partial charge is 0.485 e. The first kappa shape index (κ1) is 31.8. The fraction of sp³-hybridized carbons (Fsp3) is 0.737. The fourth-order valence-electron chi connectivity index (χ4n) is 9.10. The first-order valence-electron chi connectivity index (χ1n) is 18.1. The van der Waals surface area contributed by atoms with Crippen molar-refractivity contribution in [2.75, 3.05) is 6.54 Å². The van der Waals surface area contributed by atoms with Crippen molar-refractivity contribution < 1.29 is 24.2 Å². The maximum Gasteiger partial charge on any atom is 0.311 e. The molecule has 2 unspecified atom stereocenters. The van der Waals surface area contributed by atoms with Crippen LogP contribution in [0.3, 0.4) is 0 Å². The molecule has 5 atom stereocenters. The molecule has 242 valence electrons. The highest BCUT2D eigenvalue weighted by Crippen LogP contribution is 2.64. The summed E-state index contributed by atoms with van der Waals surface area (Å²) >= 11 is 0. The van der Waals surface area contributed by atoms with Gasteiger partial charge in [0.1, 0.15) is 11.9 Å². The van der Waals surface area contributed by atoms with Gasteiger partial charge in [0.2, 0.25) is 0 Å². The smallest absolute Gasteiger partial charge is 0.311 e. The van der Waals surface area contributed by atoms with E-state index in [9.17, 15) is 14.7 Å². The van der Waals surface area contributed by atoms with Gasteiger partial charge in [-0.25, -0.2) is 0 Å². The van der Waals surface area contributed by atoms with Gasteiger partial charge in [-0.15, -0.1) is 0 Å². The third kappa shape index (κ3) is 6.54. The van der Waals surface area contributed by atoms with E-state index in [2.05, 4.69) is 30.5 Å². The van der Waals surface area contributed by atoms with Crippen LogP contribution in [0.25, 0.3) is 0 Å². The van der Waals surface area contributed by atoms with Crippen LogP contribution in [-0.4, -0.2) is 41.2 Å². The molecule has 1 aromatic carbocycles. The molecule has 0 aromatic heterocycles. The predicted octanol–water partition coefficient (Wildman–Crippen LogP) is 7.67. The number of ether oxygens (including phenoxy) is 2. The van der Waals surface area contributed by atoms with E-state index in [1.54, 1.807) is 0 Å². The Morgan fingerprint density at radius 2 is 1.93 bits per heavy atom. The maximum absolute atomic E-state index is 13.4. The lowest BCUT2D eigenvalue weighted by Gasteiger charge is -2.60. The molecule has 0 amide bonds. The Morgan fingerprint density at radius 1 is 1.09 bits per heavy atom. The Hall–Kier alpha value is -2.18. The van der Waals surface area contributed by atoms with Gasteiger partial charge in [-0.1, -0.05) is 70.1 Å². The lowest BCUT2D eigenvalue weighted by molar-refractivity contribution is -0.149. The van der Waals surface area contributed by atoms with Crippen molar-refractivity contribution in [1.29, 1.82) is 0 Å². The number of carbonyl (C=O) groups is 2. The predicted molar refractivity (Wildman–Crippen MR) is 173 cm³/mol. The number of carbonyl (C=O) groups excluding carboxylic acids is 2. The van der Waals surface area contributed by atoms with Crippen LogP contribution in [0.1, 0.15) is 140 Å². The molecule has 2 aliphatic heterocycles. The summed E-state index contributed by atoms with van der Waals surface area (Å²) in [7, 11) is 0. The van der Waals surface area contributed by atoms with Gasteiger partial charge in [0.15, 0.2) is 11.5 Å². The number of hydrogen-bond acceptors (Lipinski definition) is 6. The first-order valence-corrected chi connectivity index (χ1v) is 18.1. The lowest BCUT2D eigenvalue weighted by atomic mass is 9.49. The highest BCUT2D eigenvalue weighted by Gasteiger charge is 2.69. The molecule has 6 rings (SSSR count). The van der Waals surface area contributed by atoms with Crippen LogP contribution < -0.4 is 14.8 Å². The average molecular weight is 606 g/mol. The zero-order chi connectivity index (χ0) is 30.6. The number of ketones is 1. The molecule has 1 aromatic rings. The van der Waals surface area contributed by atoms with Crippen LogP contribution in [-0.2, 0) is 21.4 Å². The van der Waals surface area contributed by atoms with Crippen molar-refractivity contribution >= 4 is 11.8 Å². The van der Waals surface area contributed by atoms with Crippen LogP contribution in [0, 0.1) is 11.8 Å². The number of esters is 1. The van der Waals surface area contributed by atoms with Gasteiger partial charge >= 0.3 is 5.97 Å². The Kier molecular flexibility index (Phi) is 10.2. The number of nitrogens with one attached hydrogen (secondary N) is 1. The first-order chi connectivity index (χ1) is 21.4. The van der Waals surface area contributed by atoms with E-state index in [0.29, 0.717) is 42.5 Å². The zero-order valence-corrected chi connectivity index (χ0v) is 27.0. The fourth-order valence-corrected chi connectivity index (χ4v) is 9.10. The molecule has 0 radical (unpaired) electrons. The Bertz CT molecular complexity index is 1210. The van der Waals surface area contributed by atoms with E-state index in [1.807, 2.05) is 6.07 Å². The number of piperidine rings is 1. The number of Topliss-reactive ketones (excluding diaryl/α,β-unsaturated/α-hetero) is 1. The molecule has 6 nitrogen and oxygen atoms in total. The van der Waals surface area contributed by atoms with Crippen molar-refractivity contribution in [2.45, 2.75) is 159 Å². The molecule has 2 bridgehead atoms. The van der Waals surface area contributed by atoms with E-state index in [1.165, 1.54) is 56.9 Å². The Labute approximate surface area is 264 Å². The molecule has 2 heterocycles. The summed E-state index contributed by atoms with van der Waals surface area (Å²) in [6.45, 7) is 3.12. The van der Waals surface area contributed by atoms with Gasteiger partial charge in [-0.05, 0) is 94.2 Å². The molecule has 2 N–H and O–H groups in total. The molecule has 3 aliphatic carbocycles. The SMILES string of the molecule is CCCCCCCC/C=C/CC(=O)CCCC(CC(=O)Oc1ccc2c3c1O[C@@H]1CCC[C@@]4(O)C(C2)NCC[C@]314)CC1CC1. The molecular formula is C38H55NO5. The summed E-state index contributed by atoms with van der Waals surface area (Å²) in [4.78, 5) is 25.9. The van der Waals surface area contributed by atoms with E-state index >= 15 is 0 Å². The van der Waals surface area contributed by atoms with Crippen LogP contribution in [0.15, 0.2) is 24.3 Å². The topological polar surface area (TPSA) is 84.9 Å². The molecule has 6 heteroatoms. The van der Waals surface area contributed by atoms with Crippen molar-refractivity contribution in [1.82, 2.24) is 5.32 Å². The minimum Gasteiger partial charge on any atom is -0.485 e. The monoisotopic (exact) mass is 605 g/mol. The maximum atomic E-state index is 13.4. The number of hydrogen-bond donors (Lipinski definition) is 2. The molecule has 1 spiro atoms. The molecular weight excluding hydrogens is 550 g/mol. The molecule has 2 saturated carbocycles. The number of rotatable bonds is 18. The Balaban J connectivity index is 1.01. The zero-order valence-electron chi connectivity index (χ0n) is 27.0. The van der Waals surface area contributed by atoms with Crippen molar-refractivity contribution in [3.8, 4) is 11.5 Å². The van der Waals surface area contributed by atoms with Gasteiger partial charge in [-0.3, -0.25) is 9.59 Å². The third-order valence-electron chi connectivity index (χ3n) is 11.5. The van der Waals surface area contributed by atoms with Crippen LogP contribution in [0.5, 0.6) is 11.5 Å². The van der Waals surface area contributed by atoms with Gasteiger partial charge in [0, 0.05) is 30.9 Å². The summed E-state index contributed by atoms with van der Waals surface area (Å²) in [6, 6.07) is 4.05. The lowest BCUT2D eigenvalue weighted by Crippen LogP contribution is -2.74. The second kappa shape index (κ2) is 14.1. The highest BCUT2D eigenvalue weighted by molar-refractivity contribution is 5.79. The van der Waals surface area contributed by atoms with Crippen LogP contribution in [0.4, 0.5) is 0 Å². The van der Waals surface area contributed by atoms with Gasteiger partial charge in [0.05, 0.1) is 11.0 Å². The second-order valence-electron chi connectivity index (χ2n) is 14.7. The molecule has 1 saturated heterocycles. The number of benzene rings is 1.